The van der Waals surface area contributed by atoms with Gasteiger partial charge in [0.1, 0.15) is 6.29 Å². The van der Waals surface area contributed by atoms with Crippen LogP contribution in [0.4, 0.5) is 0 Å². The third-order valence-corrected chi connectivity index (χ3v) is 2.79. The SMILES string of the molecule is C[C@@H](C=O)NC(=O)CC1CCCCC1. The quantitative estimate of drug-likeness (QED) is 0.697. The van der Waals surface area contributed by atoms with E-state index in [0.29, 0.717) is 12.3 Å². The average Bonchev–Trinajstić information content (AvgIpc) is 2.19. The first-order valence-electron chi connectivity index (χ1n) is 5.47. The number of hydrogen-bond donors (Lipinski definition) is 1. The molecule has 3 heteroatoms. The molecule has 0 aliphatic heterocycles. The minimum absolute atomic E-state index is 0.0245. The molecule has 3 nitrogen and oxygen atoms in total. The van der Waals surface area contributed by atoms with Gasteiger partial charge in [0, 0.05) is 6.42 Å². The lowest BCUT2D eigenvalue weighted by atomic mass is 9.87. The van der Waals surface area contributed by atoms with Crippen LogP contribution in [0.1, 0.15) is 45.4 Å². The van der Waals surface area contributed by atoms with Gasteiger partial charge in [-0.2, -0.15) is 0 Å². The Labute approximate surface area is 85.3 Å². The standard InChI is InChI=1S/C11H19NO2/c1-9(8-13)12-11(14)7-10-5-3-2-4-6-10/h8-10H,2-7H2,1H3,(H,12,14)/t9-/m0/s1. The summed E-state index contributed by atoms with van der Waals surface area (Å²) in [7, 11) is 0. The molecule has 0 aromatic carbocycles. The van der Waals surface area contributed by atoms with Gasteiger partial charge in [-0.25, -0.2) is 0 Å². The molecule has 14 heavy (non-hydrogen) atoms. The fraction of sp³-hybridized carbons (Fsp3) is 0.818. The molecule has 1 N–H and O–H groups in total. The third-order valence-electron chi connectivity index (χ3n) is 2.79. The zero-order chi connectivity index (χ0) is 10.4. The van der Waals surface area contributed by atoms with Crippen LogP contribution in [0.15, 0.2) is 0 Å². The van der Waals surface area contributed by atoms with E-state index >= 15 is 0 Å². The van der Waals surface area contributed by atoms with Gasteiger partial charge in [-0.1, -0.05) is 19.3 Å². The summed E-state index contributed by atoms with van der Waals surface area (Å²) in [6, 6.07) is -0.342. The van der Waals surface area contributed by atoms with E-state index in [1.165, 1.54) is 32.1 Å². The van der Waals surface area contributed by atoms with Crippen LogP contribution < -0.4 is 5.32 Å². The molecule has 0 saturated heterocycles. The van der Waals surface area contributed by atoms with Crippen LogP contribution >= 0.6 is 0 Å². The fourth-order valence-corrected chi connectivity index (χ4v) is 2.00. The topological polar surface area (TPSA) is 46.2 Å². The molecule has 1 amide bonds. The second-order valence-electron chi connectivity index (χ2n) is 4.20. The van der Waals surface area contributed by atoms with Crippen molar-refractivity contribution < 1.29 is 9.59 Å². The molecule has 0 spiro atoms. The summed E-state index contributed by atoms with van der Waals surface area (Å²) in [5.74, 6) is 0.569. The average molecular weight is 197 g/mol. The minimum Gasteiger partial charge on any atom is -0.347 e. The molecule has 0 aromatic heterocycles. The smallest absolute Gasteiger partial charge is 0.220 e. The van der Waals surface area contributed by atoms with E-state index in [0.717, 1.165) is 6.29 Å². The minimum atomic E-state index is -0.342. The molecule has 0 bridgehead atoms. The third kappa shape index (κ3) is 3.90. The maximum atomic E-state index is 11.4. The summed E-state index contributed by atoms with van der Waals surface area (Å²) in [5, 5.41) is 2.67. The van der Waals surface area contributed by atoms with Crippen molar-refractivity contribution in [1.29, 1.82) is 0 Å². The molecule has 0 radical (unpaired) electrons. The summed E-state index contributed by atoms with van der Waals surface area (Å²) < 4.78 is 0. The van der Waals surface area contributed by atoms with Gasteiger partial charge < -0.3 is 10.1 Å². The van der Waals surface area contributed by atoms with Gasteiger partial charge in [-0.15, -0.1) is 0 Å². The number of rotatable bonds is 4. The van der Waals surface area contributed by atoms with Gasteiger partial charge in [0.25, 0.3) is 0 Å². The maximum absolute atomic E-state index is 11.4. The molecule has 1 aliphatic rings. The van der Waals surface area contributed by atoms with Crippen molar-refractivity contribution in [2.45, 2.75) is 51.5 Å². The zero-order valence-electron chi connectivity index (χ0n) is 8.79. The fourth-order valence-electron chi connectivity index (χ4n) is 2.00. The van der Waals surface area contributed by atoms with Crippen LogP contribution in [0.5, 0.6) is 0 Å². The van der Waals surface area contributed by atoms with Gasteiger partial charge in [-0.3, -0.25) is 4.79 Å². The predicted octanol–water partition coefficient (Wildman–Crippen LogP) is 1.66. The first-order valence-corrected chi connectivity index (χ1v) is 5.47. The van der Waals surface area contributed by atoms with Crippen LogP contribution in [-0.4, -0.2) is 18.2 Å². The van der Waals surface area contributed by atoms with E-state index < -0.39 is 0 Å². The van der Waals surface area contributed by atoms with Crippen LogP contribution in [-0.2, 0) is 9.59 Å². The lowest BCUT2D eigenvalue weighted by Gasteiger charge is -2.21. The van der Waals surface area contributed by atoms with Gasteiger partial charge in [0.05, 0.1) is 6.04 Å². The molecular weight excluding hydrogens is 178 g/mol. The second-order valence-corrected chi connectivity index (χ2v) is 4.20. The predicted molar refractivity (Wildman–Crippen MR) is 54.9 cm³/mol. The molecule has 1 saturated carbocycles. The summed E-state index contributed by atoms with van der Waals surface area (Å²) >= 11 is 0. The van der Waals surface area contributed by atoms with Crippen molar-refractivity contribution in [3.63, 3.8) is 0 Å². The summed E-state index contributed by atoms with van der Waals surface area (Å²) in [6.07, 6.45) is 7.51. The first-order chi connectivity index (χ1) is 6.72. The number of amides is 1. The van der Waals surface area contributed by atoms with Crippen molar-refractivity contribution >= 4 is 12.2 Å². The molecule has 1 aliphatic carbocycles. The molecule has 0 aromatic rings. The Kier molecular flexibility index (Phi) is 4.63. The number of aldehydes is 1. The van der Waals surface area contributed by atoms with Crippen LogP contribution in [0.25, 0.3) is 0 Å². The van der Waals surface area contributed by atoms with E-state index in [9.17, 15) is 9.59 Å². The molecule has 1 fully saturated rings. The number of carbonyl (C=O) groups excluding carboxylic acids is 2. The van der Waals surface area contributed by atoms with Gasteiger partial charge in [0.2, 0.25) is 5.91 Å². The van der Waals surface area contributed by atoms with Gasteiger partial charge >= 0.3 is 0 Å². The van der Waals surface area contributed by atoms with Crippen LogP contribution in [0, 0.1) is 5.92 Å². The van der Waals surface area contributed by atoms with E-state index in [1.54, 1.807) is 6.92 Å². The highest BCUT2D eigenvalue weighted by atomic mass is 16.2. The number of carbonyl (C=O) groups is 2. The number of hydrogen-bond acceptors (Lipinski definition) is 2. The van der Waals surface area contributed by atoms with Crippen LogP contribution in [0.3, 0.4) is 0 Å². The molecular formula is C11H19NO2. The highest BCUT2D eigenvalue weighted by Gasteiger charge is 2.17. The van der Waals surface area contributed by atoms with E-state index in [-0.39, 0.29) is 11.9 Å². The Morgan fingerprint density at radius 2 is 2.07 bits per heavy atom. The molecule has 0 heterocycles. The summed E-state index contributed by atoms with van der Waals surface area (Å²) in [6.45, 7) is 1.70. The first kappa shape index (κ1) is 11.2. The Morgan fingerprint density at radius 1 is 1.43 bits per heavy atom. The van der Waals surface area contributed by atoms with Crippen molar-refractivity contribution in [2.75, 3.05) is 0 Å². The Bertz CT molecular complexity index is 197. The molecule has 80 valence electrons. The zero-order valence-corrected chi connectivity index (χ0v) is 8.79. The lowest BCUT2D eigenvalue weighted by Crippen LogP contribution is -2.34. The summed E-state index contributed by atoms with van der Waals surface area (Å²) in [4.78, 5) is 21.7. The maximum Gasteiger partial charge on any atom is 0.220 e. The van der Waals surface area contributed by atoms with Crippen molar-refractivity contribution in [2.24, 2.45) is 5.92 Å². The summed E-state index contributed by atoms with van der Waals surface area (Å²) in [5.41, 5.74) is 0. The normalized spacial score (nSPS) is 20.1. The van der Waals surface area contributed by atoms with E-state index in [2.05, 4.69) is 5.32 Å². The van der Waals surface area contributed by atoms with Gasteiger partial charge in [0.15, 0.2) is 0 Å². The van der Waals surface area contributed by atoms with E-state index in [1.807, 2.05) is 0 Å². The monoisotopic (exact) mass is 197 g/mol. The Hall–Kier alpha value is -0.860. The van der Waals surface area contributed by atoms with Crippen molar-refractivity contribution in [3.8, 4) is 0 Å². The second kappa shape index (κ2) is 5.78. The Morgan fingerprint density at radius 3 is 2.64 bits per heavy atom. The molecule has 0 unspecified atom stereocenters. The molecule has 1 atom stereocenters. The number of nitrogens with one attached hydrogen (secondary N) is 1. The molecule has 1 rings (SSSR count). The van der Waals surface area contributed by atoms with Crippen molar-refractivity contribution in [1.82, 2.24) is 5.32 Å². The highest BCUT2D eigenvalue weighted by molar-refractivity contribution is 5.79. The highest BCUT2D eigenvalue weighted by Crippen LogP contribution is 2.25. The largest absolute Gasteiger partial charge is 0.347 e. The van der Waals surface area contributed by atoms with E-state index in [4.69, 9.17) is 0 Å². The lowest BCUT2D eigenvalue weighted by molar-refractivity contribution is -0.124. The van der Waals surface area contributed by atoms with Crippen molar-refractivity contribution in [3.05, 3.63) is 0 Å². The Balaban J connectivity index is 2.21. The van der Waals surface area contributed by atoms with Gasteiger partial charge in [-0.05, 0) is 25.7 Å². The van der Waals surface area contributed by atoms with Crippen LogP contribution in [0.2, 0.25) is 0 Å².